The van der Waals surface area contributed by atoms with Crippen molar-refractivity contribution in [2.75, 3.05) is 19.8 Å². The van der Waals surface area contributed by atoms with E-state index in [4.69, 9.17) is 10.5 Å². The van der Waals surface area contributed by atoms with Gasteiger partial charge in [0.05, 0.1) is 25.4 Å². The Hall–Kier alpha value is -1.92. The fourth-order valence-electron chi connectivity index (χ4n) is 3.62. The van der Waals surface area contributed by atoms with Gasteiger partial charge in [0.2, 0.25) is 5.91 Å². The highest BCUT2D eigenvalue weighted by Gasteiger charge is 2.39. The first-order valence-corrected chi connectivity index (χ1v) is 8.04. The number of nitrogens with zero attached hydrogens (tertiary/aromatic N) is 1. The van der Waals surface area contributed by atoms with Crippen LogP contribution in [0.2, 0.25) is 0 Å². The molecule has 23 heavy (non-hydrogen) atoms. The molecule has 0 spiro atoms. The van der Waals surface area contributed by atoms with E-state index in [-0.39, 0.29) is 24.0 Å². The molecule has 124 valence electrons. The molecule has 1 aromatic rings. The predicted octanol–water partition coefficient (Wildman–Crippen LogP) is 0.787. The largest absolute Gasteiger partial charge is 0.393 e. The summed E-state index contributed by atoms with van der Waals surface area (Å²) in [4.78, 5) is 26.0. The number of hydrogen-bond donors (Lipinski definition) is 2. The van der Waals surface area contributed by atoms with Crippen molar-refractivity contribution in [3.63, 3.8) is 0 Å². The Morgan fingerprint density at radius 3 is 2.74 bits per heavy atom. The molecule has 2 aliphatic rings. The molecule has 1 aliphatic carbocycles. The Bertz CT molecular complexity index is 604. The quantitative estimate of drug-likeness (QED) is 0.861. The smallest absolute Gasteiger partial charge is 0.254 e. The first-order valence-electron chi connectivity index (χ1n) is 8.04. The highest BCUT2D eigenvalue weighted by molar-refractivity contribution is 5.99. The third-order valence-electron chi connectivity index (χ3n) is 4.85. The summed E-state index contributed by atoms with van der Waals surface area (Å²) < 4.78 is 5.54. The second-order valence-corrected chi connectivity index (χ2v) is 6.25. The lowest BCUT2D eigenvalue weighted by Crippen LogP contribution is -2.53. The van der Waals surface area contributed by atoms with Crippen molar-refractivity contribution in [2.24, 2.45) is 11.7 Å². The summed E-state index contributed by atoms with van der Waals surface area (Å²) in [6.07, 6.45) is 2.27. The first kappa shape index (κ1) is 16.0. The molecule has 1 saturated carbocycles. The van der Waals surface area contributed by atoms with Crippen LogP contribution in [-0.4, -0.2) is 53.7 Å². The van der Waals surface area contributed by atoms with Gasteiger partial charge in [-0.25, -0.2) is 0 Å². The van der Waals surface area contributed by atoms with E-state index >= 15 is 0 Å². The number of hydrogen-bond acceptors (Lipinski definition) is 4. The summed E-state index contributed by atoms with van der Waals surface area (Å²) in [7, 11) is 0. The molecule has 0 unspecified atom stereocenters. The molecule has 2 amide bonds. The van der Waals surface area contributed by atoms with Crippen molar-refractivity contribution in [1.29, 1.82) is 0 Å². The lowest BCUT2D eigenvalue weighted by Gasteiger charge is -2.40. The van der Waals surface area contributed by atoms with Crippen LogP contribution in [0, 0.1) is 5.92 Å². The van der Waals surface area contributed by atoms with Crippen molar-refractivity contribution in [1.82, 2.24) is 4.90 Å². The fourth-order valence-corrected chi connectivity index (χ4v) is 3.62. The second kappa shape index (κ2) is 6.68. The molecule has 6 heteroatoms. The molecule has 0 bridgehead atoms. The fraction of sp³-hybridized carbons (Fsp3) is 0.529. The van der Waals surface area contributed by atoms with E-state index in [1.807, 2.05) is 0 Å². The van der Waals surface area contributed by atoms with Crippen LogP contribution < -0.4 is 5.73 Å². The zero-order valence-electron chi connectivity index (χ0n) is 13.0. The number of primary amides is 1. The standard InChI is InChI=1S/C17H22N2O4/c18-16(21)11-3-1-4-12(9-11)17(22)19-7-8-23-10-14(19)13-5-2-6-15(13)20/h1,3-4,9,13-15,20H,2,5-8,10H2,(H2,18,21)/t13-,14-,15+/m1/s1. The summed E-state index contributed by atoms with van der Waals surface area (Å²) in [5.41, 5.74) is 6.06. The first-order chi connectivity index (χ1) is 11.1. The zero-order chi connectivity index (χ0) is 16.4. The highest BCUT2D eigenvalue weighted by Crippen LogP contribution is 2.32. The average Bonchev–Trinajstić information content (AvgIpc) is 3.00. The molecular formula is C17H22N2O4. The van der Waals surface area contributed by atoms with E-state index in [9.17, 15) is 14.7 Å². The van der Waals surface area contributed by atoms with Gasteiger partial charge in [0, 0.05) is 23.6 Å². The maximum Gasteiger partial charge on any atom is 0.254 e. The Morgan fingerprint density at radius 1 is 1.26 bits per heavy atom. The van der Waals surface area contributed by atoms with Gasteiger partial charge < -0.3 is 20.5 Å². The Labute approximate surface area is 135 Å². The molecule has 1 aromatic carbocycles. The minimum absolute atomic E-state index is 0.0542. The van der Waals surface area contributed by atoms with E-state index in [0.29, 0.717) is 30.9 Å². The Morgan fingerprint density at radius 2 is 2.04 bits per heavy atom. The summed E-state index contributed by atoms with van der Waals surface area (Å²) >= 11 is 0. The van der Waals surface area contributed by atoms with Crippen molar-refractivity contribution < 1.29 is 19.4 Å². The zero-order valence-corrected chi connectivity index (χ0v) is 13.0. The number of aliphatic hydroxyl groups is 1. The number of nitrogens with two attached hydrogens (primary N) is 1. The van der Waals surface area contributed by atoms with Gasteiger partial charge in [-0.1, -0.05) is 12.5 Å². The van der Waals surface area contributed by atoms with Crippen molar-refractivity contribution in [3.05, 3.63) is 35.4 Å². The average molecular weight is 318 g/mol. The topological polar surface area (TPSA) is 92.9 Å². The van der Waals surface area contributed by atoms with Gasteiger partial charge >= 0.3 is 0 Å². The van der Waals surface area contributed by atoms with Gasteiger partial charge in [-0.05, 0) is 31.0 Å². The molecule has 3 N–H and O–H groups in total. The summed E-state index contributed by atoms with van der Waals surface area (Å²) in [5.74, 6) is -0.636. The van der Waals surface area contributed by atoms with Crippen LogP contribution in [0.5, 0.6) is 0 Å². The number of carbonyl (C=O) groups is 2. The SMILES string of the molecule is NC(=O)c1cccc(C(=O)N2CCOC[C@@H]2[C@H]2CCC[C@@H]2O)c1. The number of rotatable bonds is 3. The Kier molecular flexibility index (Phi) is 4.63. The van der Waals surface area contributed by atoms with Crippen molar-refractivity contribution in [3.8, 4) is 0 Å². The second-order valence-electron chi connectivity index (χ2n) is 6.25. The highest BCUT2D eigenvalue weighted by atomic mass is 16.5. The molecule has 1 saturated heterocycles. The minimum atomic E-state index is -0.551. The molecule has 1 aliphatic heterocycles. The predicted molar refractivity (Wildman–Crippen MR) is 84.0 cm³/mol. The maximum absolute atomic E-state index is 12.9. The number of morpholine rings is 1. The summed E-state index contributed by atoms with van der Waals surface area (Å²) in [6, 6.07) is 6.35. The van der Waals surface area contributed by atoms with Gasteiger partial charge in [-0.15, -0.1) is 0 Å². The third kappa shape index (κ3) is 3.23. The van der Waals surface area contributed by atoms with Crippen molar-refractivity contribution in [2.45, 2.75) is 31.4 Å². The van der Waals surface area contributed by atoms with E-state index in [0.717, 1.165) is 19.3 Å². The number of carbonyl (C=O) groups excluding carboxylic acids is 2. The lowest BCUT2D eigenvalue weighted by molar-refractivity contribution is -0.0383. The number of aliphatic hydroxyl groups excluding tert-OH is 1. The van der Waals surface area contributed by atoms with E-state index < -0.39 is 5.91 Å². The van der Waals surface area contributed by atoms with Crippen LogP contribution in [0.1, 0.15) is 40.0 Å². The Balaban J connectivity index is 1.84. The summed E-state index contributed by atoms with van der Waals surface area (Å²) in [6.45, 7) is 1.43. The molecule has 0 radical (unpaired) electrons. The molecule has 3 atom stereocenters. The van der Waals surface area contributed by atoms with Gasteiger partial charge in [-0.2, -0.15) is 0 Å². The van der Waals surface area contributed by atoms with Crippen molar-refractivity contribution >= 4 is 11.8 Å². The van der Waals surface area contributed by atoms with E-state index in [2.05, 4.69) is 0 Å². The van der Waals surface area contributed by atoms with Crippen LogP contribution in [-0.2, 0) is 4.74 Å². The normalized spacial score (nSPS) is 27.9. The maximum atomic E-state index is 12.9. The van der Waals surface area contributed by atoms with Gasteiger partial charge in [0.25, 0.3) is 5.91 Å². The third-order valence-corrected chi connectivity index (χ3v) is 4.85. The van der Waals surface area contributed by atoms with Crippen LogP contribution in [0.3, 0.4) is 0 Å². The number of benzene rings is 1. The van der Waals surface area contributed by atoms with E-state index in [1.54, 1.807) is 23.1 Å². The minimum Gasteiger partial charge on any atom is -0.393 e. The molecule has 2 fully saturated rings. The van der Waals surface area contributed by atoms with Crippen LogP contribution in [0.4, 0.5) is 0 Å². The molecular weight excluding hydrogens is 296 g/mol. The molecule has 3 rings (SSSR count). The number of ether oxygens (including phenoxy) is 1. The molecule has 6 nitrogen and oxygen atoms in total. The van der Waals surface area contributed by atoms with Gasteiger partial charge in [-0.3, -0.25) is 9.59 Å². The summed E-state index contributed by atoms with van der Waals surface area (Å²) in [5, 5.41) is 10.2. The lowest BCUT2D eigenvalue weighted by atomic mass is 9.93. The molecule has 0 aromatic heterocycles. The van der Waals surface area contributed by atoms with Gasteiger partial charge in [0.15, 0.2) is 0 Å². The number of amides is 2. The van der Waals surface area contributed by atoms with Gasteiger partial charge in [0.1, 0.15) is 0 Å². The van der Waals surface area contributed by atoms with Crippen LogP contribution in [0.25, 0.3) is 0 Å². The van der Waals surface area contributed by atoms with E-state index in [1.165, 1.54) is 6.07 Å². The molecule has 1 heterocycles. The van der Waals surface area contributed by atoms with Crippen LogP contribution in [0.15, 0.2) is 24.3 Å². The van der Waals surface area contributed by atoms with Crippen LogP contribution >= 0.6 is 0 Å². The monoisotopic (exact) mass is 318 g/mol.